The molecule has 0 saturated carbocycles. The van der Waals surface area contributed by atoms with E-state index >= 15 is 0 Å². The number of pyridine rings is 1. The van der Waals surface area contributed by atoms with Gasteiger partial charge in [-0.05, 0) is 30.2 Å². The number of aliphatic hydroxyl groups is 1. The lowest BCUT2D eigenvalue weighted by atomic mass is 10.1. The number of hydrogen-bond acceptors (Lipinski definition) is 5. The minimum absolute atomic E-state index is 0.127. The first-order valence-corrected chi connectivity index (χ1v) is 9.54. The Bertz CT molecular complexity index is 1170. The number of aromatic nitrogens is 4. The molecule has 9 heteroatoms. The van der Waals surface area contributed by atoms with E-state index in [0.29, 0.717) is 17.5 Å². The SMILES string of the molecule is O=S(=O)(NC(CO)Cc1c[nH]c2ccccc12)c1n[nH]c2ncccc12. The highest BCUT2D eigenvalue weighted by Crippen LogP contribution is 2.21. The summed E-state index contributed by atoms with van der Waals surface area (Å²) in [5, 5.41) is 17.5. The molecule has 0 bridgehead atoms. The Labute approximate surface area is 149 Å². The molecule has 0 spiro atoms. The largest absolute Gasteiger partial charge is 0.395 e. The lowest BCUT2D eigenvalue weighted by Crippen LogP contribution is -2.39. The molecule has 0 fully saturated rings. The molecule has 0 aliphatic rings. The van der Waals surface area contributed by atoms with Gasteiger partial charge in [-0.15, -0.1) is 0 Å². The summed E-state index contributed by atoms with van der Waals surface area (Å²) in [5.41, 5.74) is 2.28. The van der Waals surface area contributed by atoms with Crippen molar-refractivity contribution in [3.63, 3.8) is 0 Å². The van der Waals surface area contributed by atoms with Gasteiger partial charge in [0.2, 0.25) is 5.03 Å². The molecule has 0 amide bonds. The van der Waals surface area contributed by atoms with Crippen LogP contribution in [-0.2, 0) is 16.4 Å². The van der Waals surface area contributed by atoms with Gasteiger partial charge >= 0.3 is 0 Å². The van der Waals surface area contributed by atoms with E-state index in [4.69, 9.17) is 0 Å². The first kappa shape index (κ1) is 16.7. The molecular formula is C17H17N5O3S. The molecule has 134 valence electrons. The number of para-hydroxylation sites is 1. The van der Waals surface area contributed by atoms with Gasteiger partial charge in [-0.2, -0.15) is 5.10 Å². The third kappa shape index (κ3) is 2.96. The van der Waals surface area contributed by atoms with Crippen molar-refractivity contribution in [1.82, 2.24) is 24.9 Å². The molecule has 0 aliphatic heterocycles. The highest BCUT2D eigenvalue weighted by molar-refractivity contribution is 7.89. The lowest BCUT2D eigenvalue weighted by Gasteiger charge is -2.15. The smallest absolute Gasteiger partial charge is 0.260 e. The van der Waals surface area contributed by atoms with Crippen LogP contribution in [-0.4, -0.2) is 46.3 Å². The average Bonchev–Trinajstić information content (AvgIpc) is 3.26. The molecule has 4 rings (SSSR count). The van der Waals surface area contributed by atoms with Crippen LogP contribution in [0.15, 0.2) is 53.8 Å². The van der Waals surface area contributed by atoms with Crippen LogP contribution in [0.1, 0.15) is 5.56 Å². The van der Waals surface area contributed by atoms with Crippen molar-refractivity contribution in [2.45, 2.75) is 17.5 Å². The van der Waals surface area contributed by atoms with E-state index in [1.54, 1.807) is 18.3 Å². The second-order valence-electron chi connectivity index (χ2n) is 5.99. The third-order valence-corrected chi connectivity index (χ3v) is 5.70. The van der Waals surface area contributed by atoms with Crippen molar-refractivity contribution in [2.24, 2.45) is 0 Å². The summed E-state index contributed by atoms with van der Waals surface area (Å²) in [6.45, 7) is -0.334. The van der Waals surface area contributed by atoms with Gasteiger partial charge in [-0.3, -0.25) is 5.10 Å². The van der Waals surface area contributed by atoms with E-state index in [2.05, 4.69) is 24.9 Å². The minimum atomic E-state index is -3.91. The van der Waals surface area contributed by atoms with Crippen molar-refractivity contribution in [2.75, 3.05) is 6.61 Å². The van der Waals surface area contributed by atoms with Crippen LogP contribution >= 0.6 is 0 Å². The van der Waals surface area contributed by atoms with Crippen LogP contribution < -0.4 is 4.72 Å². The first-order valence-electron chi connectivity index (χ1n) is 8.06. The van der Waals surface area contributed by atoms with Crippen molar-refractivity contribution in [1.29, 1.82) is 0 Å². The Hall–Kier alpha value is -2.75. The van der Waals surface area contributed by atoms with Crippen molar-refractivity contribution in [3.05, 3.63) is 54.4 Å². The van der Waals surface area contributed by atoms with Gasteiger partial charge in [0.05, 0.1) is 12.0 Å². The summed E-state index contributed by atoms with van der Waals surface area (Å²) in [7, 11) is -3.91. The molecule has 3 aromatic heterocycles. The highest BCUT2D eigenvalue weighted by Gasteiger charge is 2.25. The van der Waals surface area contributed by atoms with Crippen LogP contribution in [0.4, 0.5) is 0 Å². The van der Waals surface area contributed by atoms with Crippen LogP contribution in [0.3, 0.4) is 0 Å². The predicted molar refractivity (Wildman–Crippen MR) is 97.1 cm³/mol. The summed E-state index contributed by atoms with van der Waals surface area (Å²) in [6, 6.07) is 10.3. The normalized spacial score (nSPS) is 13.4. The number of nitrogens with zero attached hydrogens (tertiary/aromatic N) is 2. The van der Waals surface area contributed by atoms with Gasteiger partial charge in [-0.25, -0.2) is 18.1 Å². The standard InChI is InChI=1S/C17H17N5O3S/c23-10-12(8-11-9-19-15-6-2-1-4-13(11)15)22-26(24,25)17-14-5-3-7-18-16(14)20-21-17/h1-7,9,12,19,22-23H,8,10H2,(H,18,20,21). The maximum absolute atomic E-state index is 12.7. The summed E-state index contributed by atoms with van der Waals surface area (Å²) in [5.74, 6) is 0. The van der Waals surface area contributed by atoms with Crippen LogP contribution in [0, 0.1) is 0 Å². The zero-order chi connectivity index (χ0) is 18.1. The van der Waals surface area contributed by atoms with Gasteiger partial charge in [0.15, 0.2) is 5.65 Å². The highest BCUT2D eigenvalue weighted by atomic mass is 32.2. The van der Waals surface area contributed by atoms with E-state index in [1.165, 1.54) is 0 Å². The molecule has 1 aromatic carbocycles. The monoisotopic (exact) mass is 371 g/mol. The fourth-order valence-corrected chi connectivity index (χ4v) is 4.35. The summed E-state index contributed by atoms with van der Waals surface area (Å²) in [6.07, 6.45) is 3.73. The van der Waals surface area contributed by atoms with Gasteiger partial charge in [-0.1, -0.05) is 18.2 Å². The van der Waals surface area contributed by atoms with Crippen LogP contribution in [0.2, 0.25) is 0 Å². The fourth-order valence-electron chi connectivity index (χ4n) is 3.02. The number of fused-ring (bicyclic) bond motifs is 2. The molecule has 26 heavy (non-hydrogen) atoms. The van der Waals surface area contributed by atoms with Gasteiger partial charge in [0, 0.05) is 29.3 Å². The Morgan fingerprint density at radius 3 is 2.81 bits per heavy atom. The van der Waals surface area contributed by atoms with Gasteiger partial charge in [0.1, 0.15) is 0 Å². The second kappa shape index (κ2) is 6.52. The maximum Gasteiger partial charge on any atom is 0.260 e. The Balaban J connectivity index is 1.61. The zero-order valence-corrected chi connectivity index (χ0v) is 14.5. The minimum Gasteiger partial charge on any atom is -0.395 e. The molecule has 0 saturated heterocycles. The van der Waals surface area contributed by atoms with Gasteiger partial charge in [0.25, 0.3) is 10.0 Å². The molecular weight excluding hydrogens is 354 g/mol. The summed E-state index contributed by atoms with van der Waals surface area (Å²) in [4.78, 5) is 7.19. The van der Waals surface area contributed by atoms with Crippen molar-refractivity contribution < 1.29 is 13.5 Å². The van der Waals surface area contributed by atoms with Gasteiger partial charge < -0.3 is 10.1 Å². The van der Waals surface area contributed by atoms with E-state index in [0.717, 1.165) is 16.5 Å². The molecule has 0 radical (unpaired) electrons. The van der Waals surface area contributed by atoms with Crippen molar-refractivity contribution >= 4 is 32.0 Å². The number of sulfonamides is 1. The second-order valence-corrected chi connectivity index (χ2v) is 7.62. The topological polar surface area (TPSA) is 124 Å². The molecule has 4 aromatic rings. The molecule has 8 nitrogen and oxygen atoms in total. The van der Waals surface area contributed by atoms with Crippen molar-refractivity contribution in [3.8, 4) is 0 Å². The van der Waals surface area contributed by atoms with Crippen LogP contribution in [0.25, 0.3) is 21.9 Å². The number of rotatable bonds is 6. The van der Waals surface area contributed by atoms with E-state index < -0.39 is 16.1 Å². The fraction of sp³-hybridized carbons (Fsp3) is 0.176. The Morgan fingerprint density at radius 2 is 1.96 bits per heavy atom. The maximum atomic E-state index is 12.7. The first-order chi connectivity index (χ1) is 12.6. The summed E-state index contributed by atoms with van der Waals surface area (Å²) < 4.78 is 28.0. The number of H-pyrrole nitrogens is 2. The van der Waals surface area contributed by atoms with E-state index in [1.807, 2.05) is 30.5 Å². The zero-order valence-electron chi connectivity index (χ0n) is 13.7. The van der Waals surface area contributed by atoms with E-state index in [-0.39, 0.29) is 11.6 Å². The van der Waals surface area contributed by atoms with E-state index in [9.17, 15) is 13.5 Å². The third-order valence-electron chi connectivity index (χ3n) is 4.24. The quantitative estimate of drug-likeness (QED) is 0.407. The number of aromatic amines is 2. The number of benzene rings is 1. The summed E-state index contributed by atoms with van der Waals surface area (Å²) >= 11 is 0. The lowest BCUT2D eigenvalue weighted by molar-refractivity contribution is 0.256. The molecule has 1 unspecified atom stereocenters. The Kier molecular flexibility index (Phi) is 4.19. The predicted octanol–water partition coefficient (Wildman–Crippen LogP) is 1.32. The number of aliphatic hydroxyl groups excluding tert-OH is 1. The van der Waals surface area contributed by atoms with Crippen LogP contribution in [0.5, 0.6) is 0 Å². The number of hydrogen-bond donors (Lipinski definition) is 4. The molecule has 3 heterocycles. The molecule has 4 N–H and O–H groups in total. The molecule has 1 atom stereocenters. The number of nitrogens with one attached hydrogen (secondary N) is 3. The Morgan fingerprint density at radius 1 is 1.15 bits per heavy atom. The molecule has 0 aliphatic carbocycles. The average molecular weight is 371 g/mol.